The SMILES string of the molecule is COc1ccccc1-n1c(SCc2ccc(Cl)c(Cl)c2)nc2sc3c(c2c1=O)CCC3. The summed E-state index contributed by atoms with van der Waals surface area (Å²) in [7, 11) is 1.61. The van der Waals surface area contributed by atoms with Crippen LogP contribution in [0.2, 0.25) is 10.0 Å². The molecule has 0 saturated carbocycles. The van der Waals surface area contributed by atoms with Crippen LogP contribution < -0.4 is 10.3 Å². The molecule has 0 fully saturated rings. The van der Waals surface area contributed by atoms with E-state index in [0.717, 1.165) is 35.0 Å². The summed E-state index contributed by atoms with van der Waals surface area (Å²) in [5, 5.41) is 2.42. The van der Waals surface area contributed by atoms with Gasteiger partial charge < -0.3 is 4.74 Å². The van der Waals surface area contributed by atoms with Crippen LogP contribution in [-0.2, 0) is 18.6 Å². The number of benzene rings is 2. The number of para-hydroxylation sites is 2. The summed E-state index contributed by atoms with van der Waals surface area (Å²) in [6.07, 6.45) is 3.06. The molecule has 0 amide bonds. The fourth-order valence-electron chi connectivity index (χ4n) is 3.93. The Hall–Kier alpha value is -1.99. The van der Waals surface area contributed by atoms with Crippen molar-refractivity contribution in [1.82, 2.24) is 9.55 Å². The van der Waals surface area contributed by atoms with E-state index in [-0.39, 0.29) is 5.56 Å². The molecule has 0 atom stereocenters. The molecule has 2 aromatic heterocycles. The molecule has 1 aliphatic rings. The number of aryl methyl sites for hydroxylation is 2. The van der Waals surface area contributed by atoms with Gasteiger partial charge in [0.05, 0.1) is 28.2 Å². The number of ether oxygens (including phenoxy) is 1. The number of halogens is 2. The molecule has 31 heavy (non-hydrogen) atoms. The number of rotatable bonds is 5. The molecular weight excluding hydrogens is 471 g/mol. The summed E-state index contributed by atoms with van der Waals surface area (Å²) in [5.74, 6) is 1.24. The Morgan fingerprint density at radius 1 is 1.16 bits per heavy atom. The number of fused-ring (bicyclic) bond motifs is 3. The van der Waals surface area contributed by atoms with E-state index >= 15 is 0 Å². The highest BCUT2D eigenvalue weighted by Gasteiger charge is 2.24. The third kappa shape index (κ3) is 3.76. The van der Waals surface area contributed by atoms with Crippen LogP contribution in [0.25, 0.3) is 15.9 Å². The summed E-state index contributed by atoms with van der Waals surface area (Å²) in [6, 6.07) is 13.1. The second-order valence-electron chi connectivity index (χ2n) is 7.28. The highest BCUT2D eigenvalue weighted by molar-refractivity contribution is 7.98. The van der Waals surface area contributed by atoms with Crippen molar-refractivity contribution in [3.63, 3.8) is 0 Å². The minimum Gasteiger partial charge on any atom is -0.495 e. The molecule has 4 nitrogen and oxygen atoms in total. The van der Waals surface area contributed by atoms with Gasteiger partial charge in [0.15, 0.2) is 5.16 Å². The Kier molecular flexibility index (Phi) is 5.73. The maximum absolute atomic E-state index is 13.8. The highest BCUT2D eigenvalue weighted by Crippen LogP contribution is 2.37. The number of hydrogen-bond acceptors (Lipinski definition) is 5. The maximum Gasteiger partial charge on any atom is 0.267 e. The third-order valence-corrected chi connectivity index (χ3v) is 8.32. The zero-order valence-electron chi connectivity index (χ0n) is 16.7. The fourth-order valence-corrected chi connectivity index (χ4v) is 6.50. The third-order valence-electron chi connectivity index (χ3n) is 5.39. The summed E-state index contributed by atoms with van der Waals surface area (Å²) >= 11 is 15.4. The van der Waals surface area contributed by atoms with E-state index in [2.05, 4.69) is 0 Å². The first kappa shape index (κ1) is 20.9. The summed E-state index contributed by atoms with van der Waals surface area (Å²) in [4.78, 5) is 20.8. The van der Waals surface area contributed by atoms with Crippen LogP contribution in [0, 0.1) is 0 Å². The van der Waals surface area contributed by atoms with Gasteiger partial charge in [-0.1, -0.05) is 53.2 Å². The van der Waals surface area contributed by atoms with Gasteiger partial charge in [0.2, 0.25) is 0 Å². The van der Waals surface area contributed by atoms with Crippen molar-refractivity contribution in [3.8, 4) is 11.4 Å². The Labute approximate surface area is 197 Å². The molecule has 158 valence electrons. The van der Waals surface area contributed by atoms with Gasteiger partial charge in [-0.2, -0.15) is 0 Å². The lowest BCUT2D eigenvalue weighted by molar-refractivity contribution is 0.411. The lowest BCUT2D eigenvalue weighted by Crippen LogP contribution is -2.22. The zero-order chi connectivity index (χ0) is 21.5. The fraction of sp³-hybridized carbons (Fsp3) is 0.217. The first-order valence-corrected chi connectivity index (χ1v) is 12.4. The van der Waals surface area contributed by atoms with Crippen LogP contribution in [0.5, 0.6) is 5.75 Å². The number of methoxy groups -OCH3 is 1. The van der Waals surface area contributed by atoms with Crippen LogP contribution in [0.3, 0.4) is 0 Å². The van der Waals surface area contributed by atoms with E-state index in [9.17, 15) is 4.79 Å². The largest absolute Gasteiger partial charge is 0.495 e. The van der Waals surface area contributed by atoms with Crippen LogP contribution >= 0.6 is 46.3 Å². The predicted molar refractivity (Wildman–Crippen MR) is 130 cm³/mol. The Bertz CT molecular complexity index is 1360. The standard InChI is InChI=1S/C23H18Cl2N2O2S2/c1-29-18-7-3-2-6-17(18)27-22(28)20-14-5-4-8-19(14)31-21(20)26-23(27)30-12-13-9-10-15(24)16(25)11-13/h2-3,6-7,9-11H,4-5,8,12H2,1H3. The summed E-state index contributed by atoms with van der Waals surface area (Å²) in [5.41, 5.74) is 2.83. The van der Waals surface area contributed by atoms with Gasteiger partial charge >= 0.3 is 0 Å². The quantitative estimate of drug-likeness (QED) is 0.236. The van der Waals surface area contributed by atoms with Gasteiger partial charge in [0.1, 0.15) is 10.6 Å². The van der Waals surface area contributed by atoms with E-state index in [1.54, 1.807) is 29.1 Å². The molecule has 2 aromatic carbocycles. The average molecular weight is 489 g/mol. The van der Waals surface area contributed by atoms with Gasteiger partial charge in [-0.15, -0.1) is 11.3 Å². The number of nitrogens with zero attached hydrogens (tertiary/aromatic N) is 2. The molecule has 0 saturated heterocycles. The Morgan fingerprint density at radius 3 is 2.81 bits per heavy atom. The van der Waals surface area contributed by atoms with E-state index < -0.39 is 0 Å². The molecule has 2 heterocycles. The molecule has 0 aliphatic heterocycles. The minimum atomic E-state index is -0.0365. The van der Waals surface area contributed by atoms with E-state index in [0.29, 0.717) is 32.4 Å². The average Bonchev–Trinajstić information content (AvgIpc) is 3.35. The molecule has 0 N–H and O–H groups in total. The smallest absolute Gasteiger partial charge is 0.267 e. The highest BCUT2D eigenvalue weighted by atomic mass is 35.5. The van der Waals surface area contributed by atoms with E-state index in [1.165, 1.54) is 22.2 Å². The molecular formula is C23H18Cl2N2O2S2. The van der Waals surface area contributed by atoms with Gasteiger partial charge in [0.25, 0.3) is 5.56 Å². The van der Waals surface area contributed by atoms with Crippen molar-refractivity contribution in [2.45, 2.75) is 30.2 Å². The predicted octanol–water partition coefficient (Wildman–Crippen LogP) is 6.54. The second-order valence-corrected chi connectivity index (χ2v) is 10.1. The molecule has 0 unspecified atom stereocenters. The van der Waals surface area contributed by atoms with Crippen molar-refractivity contribution in [1.29, 1.82) is 0 Å². The van der Waals surface area contributed by atoms with Crippen molar-refractivity contribution >= 4 is 56.5 Å². The van der Waals surface area contributed by atoms with Crippen LogP contribution in [-0.4, -0.2) is 16.7 Å². The number of hydrogen-bond donors (Lipinski definition) is 0. The van der Waals surface area contributed by atoms with Crippen LogP contribution in [0.15, 0.2) is 52.4 Å². The van der Waals surface area contributed by atoms with Gasteiger partial charge in [-0.05, 0) is 54.7 Å². The minimum absolute atomic E-state index is 0.0365. The van der Waals surface area contributed by atoms with Gasteiger partial charge in [-0.3, -0.25) is 9.36 Å². The molecule has 4 aromatic rings. The zero-order valence-corrected chi connectivity index (χ0v) is 19.8. The molecule has 0 spiro atoms. The first-order valence-electron chi connectivity index (χ1n) is 9.84. The van der Waals surface area contributed by atoms with E-state index in [4.69, 9.17) is 32.9 Å². The van der Waals surface area contributed by atoms with Crippen molar-refractivity contribution in [2.24, 2.45) is 0 Å². The lowest BCUT2D eigenvalue weighted by Gasteiger charge is -2.15. The molecule has 5 rings (SSSR count). The second kappa shape index (κ2) is 8.51. The normalized spacial score (nSPS) is 13.0. The summed E-state index contributed by atoms with van der Waals surface area (Å²) in [6.45, 7) is 0. The van der Waals surface area contributed by atoms with Crippen molar-refractivity contribution in [3.05, 3.63) is 78.9 Å². The molecule has 1 aliphatic carbocycles. The topological polar surface area (TPSA) is 44.1 Å². The Morgan fingerprint density at radius 2 is 2.00 bits per heavy atom. The van der Waals surface area contributed by atoms with Crippen LogP contribution in [0.4, 0.5) is 0 Å². The maximum atomic E-state index is 13.8. The Balaban J connectivity index is 1.67. The number of thiophene rings is 1. The summed E-state index contributed by atoms with van der Waals surface area (Å²) < 4.78 is 7.25. The van der Waals surface area contributed by atoms with Crippen molar-refractivity contribution < 1.29 is 4.74 Å². The molecule has 0 bridgehead atoms. The van der Waals surface area contributed by atoms with Crippen molar-refractivity contribution in [2.75, 3.05) is 7.11 Å². The van der Waals surface area contributed by atoms with E-state index in [1.807, 2.05) is 36.4 Å². The monoisotopic (exact) mass is 488 g/mol. The van der Waals surface area contributed by atoms with Gasteiger partial charge in [0, 0.05) is 10.6 Å². The molecule has 8 heteroatoms. The lowest BCUT2D eigenvalue weighted by atomic mass is 10.2. The van der Waals surface area contributed by atoms with Gasteiger partial charge in [-0.25, -0.2) is 4.98 Å². The number of aromatic nitrogens is 2. The molecule has 0 radical (unpaired) electrons. The van der Waals surface area contributed by atoms with Crippen LogP contribution in [0.1, 0.15) is 22.4 Å². The number of thioether (sulfide) groups is 1. The first-order chi connectivity index (χ1) is 15.1.